The number of carbonyl (C=O) groups is 1. The molecule has 2 rings (SSSR count). The molecule has 0 saturated carbocycles. The second-order valence-electron chi connectivity index (χ2n) is 5.45. The fraction of sp³-hybridized carbons (Fsp3) is 0.733. The second kappa shape index (κ2) is 7.56. The number of carbonyl (C=O) groups excluding carboxylic acids is 1. The van der Waals surface area contributed by atoms with Crippen LogP contribution in [0, 0.1) is 13.8 Å². The van der Waals surface area contributed by atoms with Gasteiger partial charge in [-0.2, -0.15) is 0 Å². The molecule has 2 heterocycles. The van der Waals surface area contributed by atoms with Crippen LogP contribution in [0.5, 0.6) is 0 Å². The van der Waals surface area contributed by atoms with Crippen LogP contribution in [0.4, 0.5) is 0 Å². The average Bonchev–Trinajstić information content (AvgIpc) is 3.06. The van der Waals surface area contributed by atoms with E-state index in [1.165, 1.54) is 7.11 Å². The summed E-state index contributed by atoms with van der Waals surface area (Å²) < 4.78 is 16.0. The SMILES string of the molecule is COC(=O)CCN(Cc1nc(C)c(C)o1)CC1CCCO1. The number of hydrogen-bond acceptors (Lipinski definition) is 6. The van der Waals surface area contributed by atoms with E-state index in [0.717, 1.165) is 37.4 Å². The summed E-state index contributed by atoms with van der Waals surface area (Å²) in [6, 6.07) is 0. The molecule has 1 aliphatic rings. The molecule has 6 nitrogen and oxygen atoms in total. The lowest BCUT2D eigenvalue weighted by molar-refractivity contribution is -0.141. The van der Waals surface area contributed by atoms with Gasteiger partial charge in [0, 0.05) is 19.7 Å². The summed E-state index contributed by atoms with van der Waals surface area (Å²) in [5, 5.41) is 0. The number of aromatic nitrogens is 1. The van der Waals surface area contributed by atoms with E-state index in [1.807, 2.05) is 13.8 Å². The zero-order valence-electron chi connectivity index (χ0n) is 13.1. The molecule has 1 fully saturated rings. The van der Waals surface area contributed by atoms with E-state index in [0.29, 0.717) is 25.4 Å². The topological polar surface area (TPSA) is 64.8 Å². The van der Waals surface area contributed by atoms with Crippen LogP contribution in [-0.2, 0) is 20.8 Å². The van der Waals surface area contributed by atoms with Gasteiger partial charge >= 0.3 is 5.97 Å². The third kappa shape index (κ3) is 4.82. The predicted molar refractivity (Wildman–Crippen MR) is 76.9 cm³/mol. The minimum atomic E-state index is -0.202. The van der Waals surface area contributed by atoms with Crippen molar-refractivity contribution in [3.8, 4) is 0 Å². The van der Waals surface area contributed by atoms with Gasteiger partial charge in [-0.05, 0) is 26.7 Å². The van der Waals surface area contributed by atoms with Crippen LogP contribution >= 0.6 is 0 Å². The highest BCUT2D eigenvalue weighted by Crippen LogP contribution is 2.16. The Labute approximate surface area is 125 Å². The number of ether oxygens (including phenoxy) is 2. The van der Waals surface area contributed by atoms with Crippen molar-refractivity contribution in [3.05, 3.63) is 17.3 Å². The average molecular weight is 296 g/mol. The third-order valence-electron chi connectivity index (χ3n) is 3.78. The van der Waals surface area contributed by atoms with Crippen LogP contribution in [-0.4, -0.2) is 48.8 Å². The molecule has 6 heteroatoms. The van der Waals surface area contributed by atoms with Crippen LogP contribution in [0.25, 0.3) is 0 Å². The maximum atomic E-state index is 11.3. The molecule has 1 unspecified atom stereocenters. The number of aryl methyl sites for hydroxylation is 2. The molecule has 1 atom stereocenters. The first kappa shape index (κ1) is 16.0. The summed E-state index contributed by atoms with van der Waals surface area (Å²) in [6.45, 7) is 6.66. The summed E-state index contributed by atoms with van der Waals surface area (Å²) in [5.74, 6) is 1.33. The van der Waals surface area contributed by atoms with Crippen molar-refractivity contribution in [2.24, 2.45) is 0 Å². The van der Waals surface area contributed by atoms with Gasteiger partial charge in [-0.3, -0.25) is 9.69 Å². The molecular formula is C15H24N2O4. The lowest BCUT2D eigenvalue weighted by Gasteiger charge is -2.23. The van der Waals surface area contributed by atoms with E-state index in [2.05, 4.69) is 9.88 Å². The van der Waals surface area contributed by atoms with Crippen molar-refractivity contribution in [1.29, 1.82) is 0 Å². The van der Waals surface area contributed by atoms with Crippen LogP contribution < -0.4 is 0 Å². The van der Waals surface area contributed by atoms with Crippen molar-refractivity contribution in [2.75, 3.05) is 26.8 Å². The van der Waals surface area contributed by atoms with E-state index in [-0.39, 0.29) is 12.1 Å². The van der Waals surface area contributed by atoms with Gasteiger partial charge in [0.1, 0.15) is 5.76 Å². The monoisotopic (exact) mass is 296 g/mol. The number of methoxy groups -OCH3 is 1. The van der Waals surface area contributed by atoms with Gasteiger partial charge in [0.25, 0.3) is 0 Å². The molecule has 1 aromatic heterocycles. The van der Waals surface area contributed by atoms with E-state index < -0.39 is 0 Å². The normalized spacial score (nSPS) is 18.4. The standard InChI is InChI=1S/C15H24N2O4/c1-11-12(2)21-14(16-11)10-17(7-6-15(18)19-3)9-13-5-4-8-20-13/h13H,4-10H2,1-3H3. The molecule has 21 heavy (non-hydrogen) atoms. The smallest absolute Gasteiger partial charge is 0.306 e. The Balaban J connectivity index is 1.94. The fourth-order valence-corrected chi connectivity index (χ4v) is 2.46. The summed E-state index contributed by atoms with van der Waals surface area (Å²) in [6.07, 6.45) is 2.77. The summed E-state index contributed by atoms with van der Waals surface area (Å²) in [7, 11) is 1.41. The van der Waals surface area contributed by atoms with Gasteiger partial charge in [0.05, 0.1) is 31.9 Å². The Morgan fingerprint density at radius 3 is 2.86 bits per heavy atom. The molecule has 118 valence electrons. The summed E-state index contributed by atoms with van der Waals surface area (Å²) in [4.78, 5) is 17.9. The van der Waals surface area contributed by atoms with Crippen LogP contribution in [0.3, 0.4) is 0 Å². The highest BCUT2D eigenvalue weighted by Gasteiger charge is 2.21. The number of nitrogens with zero attached hydrogens (tertiary/aromatic N) is 2. The zero-order chi connectivity index (χ0) is 15.2. The molecule has 0 N–H and O–H groups in total. The van der Waals surface area contributed by atoms with Gasteiger partial charge in [-0.15, -0.1) is 0 Å². The Bertz CT molecular complexity index is 447. The molecule has 0 radical (unpaired) electrons. The minimum absolute atomic E-state index is 0.202. The Hall–Kier alpha value is -1.40. The molecule has 0 amide bonds. The number of esters is 1. The first-order chi connectivity index (χ1) is 10.1. The molecule has 0 aliphatic carbocycles. The van der Waals surface area contributed by atoms with Crippen molar-refractivity contribution in [1.82, 2.24) is 9.88 Å². The molecule has 1 saturated heterocycles. The van der Waals surface area contributed by atoms with E-state index in [1.54, 1.807) is 0 Å². The van der Waals surface area contributed by atoms with E-state index in [9.17, 15) is 4.79 Å². The van der Waals surface area contributed by atoms with Gasteiger partial charge in [0.15, 0.2) is 0 Å². The quantitative estimate of drug-likeness (QED) is 0.715. The van der Waals surface area contributed by atoms with Gasteiger partial charge < -0.3 is 13.9 Å². The third-order valence-corrected chi connectivity index (χ3v) is 3.78. The van der Waals surface area contributed by atoms with Gasteiger partial charge in [-0.1, -0.05) is 0 Å². The van der Waals surface area contributed by atoms with Crippen molar-refractivity contribution in [2.45, 2.75) is 45.8 Å². The Kier molecular flexibility index (Phi) is 5.76. The molecule has 0 aromatic carbocycles. The van der Waals surface area contributed by atoms with Crippen LogP contribution in [0.2, 0.25) is 0 Å². The van der Waals surface area contributed by atoms with Crippen LogP contribution in [0.1, 0.15) is 36.6 Å². The molecular weight excluding hydrogens is 272 g/mol. The maximum Gasteiger partial charge on any atom is 0.306 e. The number of rotatable bonds is 7. The number of hydrogen-bond donors (Lipinski definition) is 0. The highest BCUT2D eigenvalue weighted by molar-refractivity contribution is 5.69. The lowest BCUT2D eigenvalue weighted by atomic mass is 10.2. The molecule has 0 bridgehead atoms. The Morgan fingerprint density at radius 2 is 2.29 bits per heavy atom. The molecule has 0 spiro atoms. The van der Waals surface area contributed by atoms with Gasteiger partial charge in [0.2, 0.25) is 5.89 Å². The van der Waals surface area contributed by atoms with Crippen molar-refractivity contribution in [3.63, 3.8) is 0 Å². The molecule has 1 aliphatic heterocycles. The molecule has 1 aromatic rings. The fourth-order valence-electron chi connectivity index (χ4n) is 2.46. The van der Waals surface area contributed by atoms with Crippen molar-refractivity contribution < 1.29 is 18.7 Å². The van der Waals surface area contributed by atoms with E-state index >= 15 is 0 Å². The lowest BCUT2D eigenvalue weighted by Crippen LogP contribution is -2.33. The van der Waals surface area contributed by atoms with Crippen molar-refractivity contribution >= 4 is 5.97 Å². The maximum absolute atomic E-state index is 11.3. The summed E-state index contributed by atoms with van der Waals surface area (Å²) in [5.41, 5.74) is 0.912. The number of oxazole rings is 1. The summed E-state index contributed by atoms with van der Waals surface area (Å²) >= 11 is 0. The first-order valence-electron chi connectivity index (χ1n) is 7.42. The Morgan fingerprint density at radius 1 is 1.48 bits per heavy atom. The predicted octanol–water partition coefficient (Wildman–Crippen LogP) is 1.84. The largest absolute Gasteiger partial charge is 0.469 e. The minimum Gasteiger partial charge on any atom is -0.469 e. The first-order valence-corrected chi connectivity index (χ1v) is 7.42. The second-order valence-corrected chi connectivity index (χ2v) is 5.45. The van der Waals surface area contributed by atoms with Crippen LogP contribution in [0.15, 0.2) is 4.42 Å². The zero-order valence-corrected chi connectivity index (χ0v) is 13.1. The van der Waals surface area contributed by atoms with Gasteiger partial charge in [-0.25, -0.2) is 4.98 Å². The van der Waals surface area contributed by atoms with E-state index in [4.69, 9.17) is 13.9 Å². The highest BCUT2D eigenvalue weighted by atomic mass is 16.5.